The van der Waals surface area contributed by atoms with E-state index in [1.807, 2.05) is 6.92 Å². The van der Waals surface area contributed by atoms with Gasteiger partial charge in [0, 0.05) is 22.0 Å². The summed E-state index contributed by atoms with van der Waals surface area (Å²) < 4.78 is 40.0. The van der Waals surface area contributed by atoms with Crippen LogP contribution in [0.25, 0.3) is 0 Å². The quantitative estimate of drug-likeness (QED) is 0.622. The molecular formula is C20H16ClFN2O3S. The molecule has 0 aliphatic rings. The van der Waals surface area contributed by atoms with Gasteiger partial charge < -0.3 is 5.32 Å². The molecule has 28 heavy (non-hydrogen) atoms. The van der Waals surface area contributed by atoms with Crippen LogP contribution in [0.5, 0.6) is 0 Å². The van der Waals surface area contributed by atoms with Crippen LogP contribution < -0.4 is 10.0 Å². The average Bonchev–Trinajstić information content (AvgIpc) is 2.65. The van der Waals surface area contributed by atoms with Crippen LogP contribution in [-0.2, 0) is 10.0 Å². The van der Waals surface area contributed by atoms with Gasteiger partial charge in [0.25, 0.3) is 15.9 Å². The maximum absolute atomic E-state index is 13.0. The summed E-state index contributed by atoms with van der Waals surface area (Å²) in [6.45, 7) is 1.86. The maximum Gasteiger partial charge on any atom is 0.261 e. The molecule has 3 aromatic rings. The molecule has 0 heterocycles. The van der Waals surface area contributed by atoms with Crippen LogP contribution in [0.4, 0.5) is 15.8 Å². The highest BCUT2D eigenvalue weighted by Crippen LogP contribution is 2.21. The fourth-order valence-electron chi connectivity index (χ4n) is 2.39. The van der Waals surface area contributed by atoms with Crippen molar-refractivity contribution in [3.8, 4) is 0 Å². The Bertz CT molecular complexity index is 1120. The van der Waals surface area contributed by atoms with Gasteiger partial charge >= 0.3 is 0 Å². The Morgan fingerprint density at radius 1 is 0.929 bits per heavy atom. The summed E-state index contributed by atoms with van der Waals surface area (Å²) in [4.78, 5) is 12.3. The molecule has 0 aliphatic carbocycles. The third-order valence-electron chi connectivity index (χ3n) is 3.95. The fraction of sp³-hybridized carbons (Fsp3) is 0.0500. The van der Waals surface area contributed by atoms with E-state index in [0.717, 1.165) is 17.7 Å². The zero-order valence-corrected chi connectivity index (χ0v) is 16.3. The third-order valence-corrected chi connectivity index (χ3v) is 5.76. The first kappa shape index (κ1) is 19.9. The van der Waals surface area contributed by atoms with Gasteiger partial charge in [0.1, 0.15) is 5.82 Å². The molecule has 0 aliphatic heterocycles. The van der Waals surface area contributed by atoms with Crippen LogP contribution in [0.2, 0.25) is 5.02 Å². The molecule has 0 saturated carbocycles. The number of amides is 1. The number of sulfonamides is 1. The average molecular weight is 419 g/mol. The van der Waals surface area contributed by atoms with Crippen LogP contribution in [0.1, 0.15) is 15.9 Å². The lowest BCUT2D eigenvalue weighted by atomic mass is 10.2. The van der Waals surface area contributed by atoms with Gasteiger partial charge in [-0.25, -0.2) is 12.8 Å². The van der Waals surface area contributed by atoms with Crippen LogP contribution >= 0.6 is 11.6 Å². The first-order valence-corrected chi connectivity index (χ1v) is 10.1. The molecule has 144 valence electrons. The highest BCUT2D eigenvalue weighted by atomic mass is 35.5. The molecule has 0 atom stereocenters. The Balaban J connectivity index is 1.71. The van der Waals surface area contributed by atoms with Crippen molar-refractivity contribution in [3.05, 3.63) is 88.7 Å². The van der Waals surface area contributed by atoms with Gasteiger partial charge in [0.05, 0.1) is 4.90 Å². The normalized spacial score (nSPS) is 11.1. The first-order chi connectivity index (χ1) is 13.2. The Morgan fingerprint density at radius 2 is 1.54 bits per heavy atom. The van der Waals surface area contributed by atoms with Crippen molar-refractivity contribution in [2.45, 2.75) is 11.8 Å². The number of halogens is 2. The first-order valence-electron chi connectivity index (χ1n) is 8.20. The second-order valence-electron chi connectivity index (χ2n) is 6.05. The van der Waals surface area contributed by atoms with Gasteiger partial charge in [-0.15, -0.1) is 0 Å². The lowest BCUT2D eigenvalue weighted by molar-refractivity contribution is 0.102. The Labute approximate surface area is 167 Å². The lowest BCUT2D eigenvalue weighted by Gasteiger charge is -2.10. The Hall–Kier alpha value is -2.90. The molecule has 0 aromatic heterocycles. The van der Waals surface area contributed by atoms with E-state index >= 15 is 0 Å². The summed E-state index contributed by atoms with van der Waals surface area (Å²) in [6.07, 6.45) is 0. The zero-order chi connectivity index (χ0) is 20.3. The molecule has 0 spiro atoms. The van der Waals surface area contributed by atoms with Crippen molar-refractivity contribution >= 4 is 38.9 Å². The summed E-state index contributed by atoms with van der Waals surface area (Å²) in [5, 5.41) is 3.27. The summed E-state index contributed by atoms with van der Waals surface area (Å²) in [5.74, 6) is -0.878. The van der Waals surface area contributed by atoms with E-state index in [1.165, 1.54) is 36.4 Å². The summed E-state index contributed by atoms with van der Waals surface area (Å²) in [6, 6.07) is 15.6. The van der Waals surface area contributed by atoms with Crippen molar-refractivity contribution in [1.82, 2.24) is 0 Å². The van der Waals surface area contributed by atoms with Gasteiger partial charge in [-0.3, -0.25) is 9.52 Å². The topological polar surface area (TPSA) is 75.3 Å². The second kappa shape index (κ2) is 8.00. The minimum Gasteiger partial charge on any atom is -0.322 e. The van der Waals surface area contributed by atoms with E-state index in [4.69, 9.17) is 11.6 Å². The second-order valence-corrected chi connectivity index (χ2v) is 8.14. The number of anilines is 2. The Kier molecular flexibility index (Phi) is 5.67. The summed E-state index contributed by atoms with van der Waals surface area (Å²) >= 11 is 6.05. The number of carbonyl (C=O) groups is 1. The maximum atomic E-state index is 13.0. The molecule has 0 fully saturated rings. The highest BCUT2D eigenvalue weighted by molar-refractivity contribution is 7.92. The van der Waals surface area contributed by atoms with E-state index < -0.39 is 15.8 Å². The monoisotopic (exact) mass is 418 g/mol. The van der Waals surface area contributed by atoms with Crippen LogP contribution in [0.15, 0.2) is 71.6 Å². The van der Waals surface area contributed by atoms with E-state index in [0.29, 0.717) is 16.3 Å². The van der Waals surface area contributed by atoms with Crippen molar-refractivity contribution in [1.29, 1.82) is 0 Å². The van der Waals surface area contributed by atoms with Crippen LogP contribution in [-0.4, -0.2) is 14.3 Å². The van der Waals surface area contributed by atoms with Gasteiger partial charge in [-0.1, -0.05) is 17.7 Å². The molecule has 5 nitrogen and oxygen atoms in total. The van der Waals surface area contributed by atoms with Crippen molar-refractivity contribution in [3.63, 3.8) is 0 Å². The number of benzene rings is 3. The molecule has 0 radical (unpaired) electrons. The number of hydrogen-bond acceptors (Lipinski definition) is 3. The zero-order valence-electron chi connectivity index (χ0n) is 14.7. The van der Waals surface area contributed by atoms with Crippen molar-refractivity contribution in [2.24, 2.45) is 0 Å². The minimum atomic E-state index is -3.85. The Morgan fingerprint density at radius 3 is 2.14 bits per heavy atom. The minimum absolute atomic E-state index is 0.0630. The predicted octanol–water partition coefficient (Wildman–Crippen LogP) is 4.84. The van der Waals surface area contributed by atoms with E-state index in [-0.39, 0.29) is 16.5 Å². The molecule has 0 saturated heterocycles. The number of aryl methyl sites for hydroxylation is 1. The van der Waals surface area contributed by atoms with Crippen molar-refractivity contribution < 1.29 is 17.6 Å². The van der Waals surface area contributed by atoms with Crippen LogP contribution in [0, 0.1) is 12.7 Å². The van der Waals surface area contributed by atoms with Gasteiger partial charge in [-0.2, -0.15) is 0 Å². The molecule has 8 heteroatoms. The molecule has 1 amide bonds. The summed E-state index contributed by atoms with van der Waals surface area (Å²) in [7, 11) is -3.85. The smallest absolute Gasteiger partial charge is 0.261 e. The molecule has 0 unspecified atom stereocenters. The predicted molar refractivity (Wildman–Crippen MR) is 108 cm³/mol. The van der Waals surface area contributed by atoms with Crippen LogP contribution in [0.3, 0.4) is 0 Å². The molecular weight excluding hydrogens is 403 g/mol. The van der Waals surface area contributed by atoms with E-state index in [9.17, 15) is 17.6 Å². The fourth-order valence-corrected chi connectivity index (χ4v) is 3.63. The number of rotatable bonds is 5. The molecule has 2 N–H and O–H groups in total. The van der Waals surface area contributed by atoms with E-state index in [1.54, 1.807) is 18.2 Å². The van der Waals surface area contributed by atoms with Gasteiger partial charge in [0.15, 0.2) is 0 Å². The lowest BCUT2D eigenvalue weighted by Crippen LogP contribution is -2.14. The SMILES string of the molecule is Cc1ccc(NC(=O)c2ccc(NS(=O)(=O)c3ccc(F)cc3)cc2)cc1Cl. The third kappa shape index (κ3) is 4.68. The van der Waals surface area contributed by atoms with Gasteiger partial charge in [-0.05, 0) is 73.2 Å². The molecule has 3 aromatic carbocycles. The molecule has 3 rings (SSSR count). The summed E-state index contributed by atoms with van der Waals surface area (Å²) in [5.41, 5.74) is 2.08. The van der Waals surface area contributed by atoms with E-state index in [2.05, 4.69) is 10.0 Å². The number of carbonyl (C=O) groups excluding carboxylic acids is 1. The van der Waals surface area contributed by atoms with Gasteiger partial charge in [0.2, 0.25) is 0 Å². The highest BCUT2D eigenvalue weighted by Gasteiger charge is 2.15. The number of nitrogens with one attached hydrogen (secondary N) is 2. The molecule has 0 bridgehead atoms. The standard InChI is InChI=1S/C20H16ClFN2O3S/c1-13-2-7-17(12-19(13)21)23-20(25)14-3-8-16(9-4-14)24-28(26,27)18-10-5-15(22)6-11-18/h2-12,24H,1H3,(H,23,25). The number of hydrogen-bond donors (Lipinski definition) is 2. The van der Waals surface area contributed by atoms with Crippen molar-refractivity contribution in [2.75, 3.05) is 10.0 Å². The largest absolute Gasteiger partial charge is 0.322 e.